The van der Waals surface area contributed by atoms with Crippen molar-refractivity contribution in [2.24, 2.45) is 11.1 Å². The zero-order valence-electron chi connectivity index (χ0n) is 12.0. The van der Waals surface area contributed by atoms with Crippen molar-refractivity contribution in [1.82, 2.24) is 0 Å². The van der Waals surface area contributed by atoms with Gasteiger partial charge < -0.3 is 9.94 Å². The number of benzene rings is 1. The Bertz CT molecular complexity index is 403. The third kappa shape index (κ3) is 6.36. The largest absolute Gasteiger partial charge is 0.460 e. The molecule has 0 aliphatic heterocycles. The van der Waals surface area contributed by atoms with Gasteiger partial charge in [-0.3, -0.25) is 4.79 Å². The predicted molar refractivity (Wildman–Crippen MR) is 78.8 cm³/mol. The maximum absolute atomic E-state index is 11.9. The highest BCUT2D eigenvalue weighted by Gasteiger charge is 2.17. The first-order valence-corrected chi connectivity index (χ1v) is 7.16. The molecule has 0 aromatic heterocycles. The first kappa shape index (κ1) is 16.2. The van der Waals surface area contributed by atoms with E-state index in [1.54, 1.807) is 0 Å². The number of oxime groups is 1. The van der Waals surface area contributed by atoms with Gasteiger partial charge in [-0.15, -0.1) is 5.16 Å². The standard InChI is InChI=1S/C16H23NO3/c1-2-3-4-8-11-15(12-17-19)16(18)20-13-14-9-6-5-7-10-14/h5-7,9-10,12,15,19H,2-4,8,11,13H2,1H3/b17-12-. The summed E-state index contributed by atoms with van der Waals surface area (Å²) in [6.45, 7) is 2.39. The van der Waals surface area contributed by atoms with Crippen LogP contribution in [0, 0.1) is 5.92 Å². The van der Waals surface area contributed by atoms with Crippen LogP contribution in [0.1, 0.15) is 44.6 Å². The lowest BCUT2D eigenvalue weighted by Crippen LogP contribution is -2.19. The molecule has 0 spiro atoms. The van der Waals surface area contributed by atoms with Crippen LogP contribution in [-0.2, 0) is 16.1 Å². The Morgan fingerprint density at radius 1 is 1.30 bits per heavy atom. The fourth-order valence-corrected chi connectivity index (χ4v) is 1.96. The van der Waals surface area contributed by atoms with Gasteiger partial charge in [0.1, 0.15) is 6.61 Å². The molecule has 1 rings (SSSR count). The van der Waals surface area contributed by atoms with E-state index in [4.69, 9.17) is 9.94 Å². The predicted octanol–water partition coefficient (Wildman–Crippen LogP) is 3.78. The molecular weight excluding hydrogens is 254 g/mol. The number of hydrogen-bond donors (Lipinski definition) is 1. The minimum atomic E-state index is -0.458. The lowest BCUT2D eigenvalue weighted by atomic mass is 10.0. The second kappa shape index (κ2) is 10.0. The van der Waals surface area contributed by atoms with Crippen LogP contribution >= 0.6 is 0 Å². The Labute approximate surface area is 120 Å². The second-order valence-electron chi connectivity index (χ2n) is 4.81. The fraction of sp³-hybridized carbons (Fsp3) is 0.500. The summed E-state index contributed by atoms with van der Waals surface area (Å²) in [4.78, 5) is 11.9. The zero-order chi connectivity index (χ0) is 14.6. The molecule has 0 saturated carbocycles. The average Bonchev–Trinajstić information content (AvgIpc) is 2.49. The number of carbonyl (C=O) groups excluding carboxylic acids is 1. The third-order valence-corrected chi connectivity index (χ3v) is 3.14. The molecule has 0 heterocycles. The lowest BCUT2D eigenvalue weighted by Gasteiger charge is -2.11. The first-order chi connectivity index (χ1) is 9.77. The highest BCUT2D eigenvalue weighted by molar-refractivity contribution is 5.89. The molecule has 0 radical (unpaired) electrons. The van der Waals surface area contributed by atoms with E-state index in [1.165, 1.54) is 6.21 Å². The smallest absolute Gasteiger partial charge is 0.314 e. The van der Waals surface area contributed by atoms with Crippen molar-refractivity contribution in [3.8, 4) is 0 Å². The van der Waals surface area contributed by atoms with Crippen molar-refractivity contribution in [3.05, 3.63) is 35.9 Å². The Balaban J connectivity index is 2.39. The zero-order valence-corrected chi connectivity index (χ0v) is 12.0. The van der Waals surface area contributed by atoms with E-state index in [0.717, 1.165) is 31.2 Å². The minimum Gasteiger partial charge on any atom is -0.460 e. The molecule has 20 heavy (non-hydrogen) atoms. The van der Waals surface area contributed by atoms with Crippen molar-refractivity contribution in [3.63, 3.8) is 0 Å². The van der Waals surface area contributed by atoms with Crippen LogP contribution < -0.4 is 0 Å². The highest BCUT2D eigenvalue weighted by atomic mass is 16.5. The van der Waals surface area contributed by atoms with Gasteiger partial charge in [0.15, 0.2) is 0 Å². The summed E-state index contributed by atoms with van der Waals surface area (Å²) in [6, 6.07) is 9.54. The molecule has 1 N–H and O–H groups in total. The molecule has 0 bridgehead atoms. The molecule has 1 atom stereocenters. The molecule has 0 amide bonds. The fourth-order valence-electron chi connectivity index (χ4n) is 1.96. The van der Waals surface area contributed by atoms with Crippen LogP contribution in [0.15, 0.2) is 35.5 Å². The number of esters is 1. The van der Waals surface area contributed by atoms with Gasteiger partial charge in [0.2, 0.25) is 0 Å². The van der Waals surface area contributed by atoms with E-state index in [2.05, 4.69) is 12.1 Å². The van der Waals surface area contributed by atoms with Gasteiger partial charge in [0, 0.05) is 0 Å². The van der Waals surface area contributed by atoms with Crippen molar-refractivity contribution < 1.29 is 14.7 Å². The maximum Gasteiger partial charge on any atom is 0.314 e. The molecule has 0 aliphatic rings. The number of ether oxygens (including phenoxy) is 1. The van der Waals surface area contributed by atoms with Gasteiger partial charge in [-0.2, -0.15) is 0 Å². The van der Waals surface area contributed by atoms with Crippen molar-refractivity contribution >= 4 is 12.2 Å². The van der Waals surface area contributed by atoms with Crippen LogP contribution in [0.2, 0.25) is 0 Å². The van der Waals surface area contributed by atoms with E-state index in [1.807, 2.05) is 30.3 Å². The summed E-state index contributed by atoms with van der Waals surface area (Å²) >= 11 is 0. The average molecular weight is 277 g/mol. The summed E-state index contributed by atoms with van der Waals surface area (Å²) in [6.07, 6.45) is 6.25. The van der Waals surface area contributed by atoms with Gasteiger partial charge in [-0.05, 0) is 12.0 Å². The van der Waals surface area contributed by atoms with Crippen molar-refractivity contribution in [2.45, 2.75) is 45.6 Å². The van der Waals surface area contributed by atoms with Crippen LogP contribution in [0.4, 0.5) is 0 Å². The SMILES string of the molecule is CCCCCCC(/C=N\O)C(=O)OCc1ccccc1. The molecule has 1 aromatic carbocycles. The quantitative estimate of drug-likeness (QED) is 0.246. The molecule has 1 aromatic rings. The second-order valence-corrected chi connectivity index (χ2v) is 4.81. The highest BCUT2D eigenvalue weighted by Crippen LogP contribution is 2.12. The number of rotatable bonds is 9. The Morgan fingerprint density at radius 2 is 2.05 bits per heavy atom. The number of unbranched alkanes of at least 4 members (excludes halogenated alkanes) is 3. The summed E-state index contributed by atoms with van der Waals surface area (Å²) in [5, 5.41) is 11.6. The van der Waals surface area contributed by atoms with Gasteiger partial charge in [-0.25, -0.2) is 0 Å². The maximum atomic E-state index is 11.9. The first-order valence-electron chi connectivity index (χ1n) is 7.16. The molecule has 1 unspecified atom stereocenters. The lowest BCUT2D eigenvalue weighted by molar-refractivity contribution is -0.147. The van der Waals surface area contributed by atoms with Gasteiger partial charge in [0.25, 0.3) is 0 Å². The Morgan fingerprint density at radius 3 is 2.70 bits per heavy atom. The van der Waals surface area contributed by atoms with Gasteiger partial charge >= 0.3 is 5.97 Å². The monoisotopic (exact) mass is 277 g/mol. The van der Waals surface area contributed by atoms with Crippen molar-refractivity contribution in [1.29, 1.82) is 0 Å². The van der Waals surface area contributed by atoms with Crippen LogP contribution in [-0.4, -0.2) is 17.4 Å². The van der Waals surface area contributed by atoms with Crippen molar-refractivity contribution in [2.75, 3.05) is 0 Å². The van der Waals surface area contributed by atoms with Crippen LogP contribution in [0.5, 0.6) is 0 Å². The van der Waals surface area contributed by atoms with E-state index in [0.29, 0.717) is 6.42 Å². The molecule has 0 fully saturated rings. The van der Waals surface area contributed by atoms with Gasteiger partial charge in [0.05, 0.1) is 12.1 Å². The van der Waals surface area contributed by atoms with E-state index in [9.17, 15) is 4.79 Å². The number of nitrogens with zero attached hydrogens (tertiary/aromatic N) is 1. The summed E-state index contributed by atoms with van der Waals surface area (Å²) in [5.41, 5.74) is 0.950. The van der Waals surface area contributed by atoms with Gasteiger partial charge in [-0.1, -0.05) is 62.9 Å². The molecule has 0 aliphatic carbocycles. The molecule has 4 nitrogen and oxygen atoms in total. The number of hydrogen-bond acceptors (Lipinski definition) is 4. The van der Waals surface area contributed by atoms with E-state index < -0.39 is 5.92 Å². The third-order valence-electron chi connectivity index (χ3n) is 3.14. The number of carbonyl (C=O) groups is 1. The summed E-state index contributed by atoms with van der Waals surface area (Å²) in [7, 11) is 0. The van der Waals surface area contributed by atoms with E-state index >= 15 is 0 Å². The molecule has 0 saturated heterocycles. The molecular formula is C16H23NO3. The van der Waals surface area contributed by atoms with Crippen LogP contribution in [0.3, 0.4) is 0 Å². The Hall–Kier alpha value is -1.84. The summed E-state index contributed by atoms with van der Waals surface area (Å²) in [5.74, 6) is -0.788. The Kier molecular flexibility index (Phi) is 8.11. The van der Waals surface area contributed by atoms with E-state index in [-0.39, 0.29) is 12.6 Å². The topological polar surface area (TPSA) is 58.9 Å². The minimum absolute atomic E-state index is 0.254. The molecule has 110 valence electrons. The molecule has 4 heteroatoms. The normalized spacial score (nSPS) is 12.4. The summed E-state index contributed by atoms with van der Waals surface area (Å²) < 4.78 is 5.26. The van der Waals surface area contributed by atoms with Crippen LogP contribution in [0.25, 0.3) is 0 Å².